The van der Waals surface area contributed by atoms with Crippen LogP contribution in [0.2, 0.25) is 0 Å². The first-order chi connectivity index (χ1) is 6.45. The molecule has 0 aromatic carbocycles. The van der Waals surface area contributed by atoms with Crippen molar-refractivity contribution < 1.29 is 0 Å². The first-order valence-corrected chi connectivity index (χ1v) is 4.54. The van der Waals surface area contributed by atoms with E-state index in [1.165, 1.54) is 0 Å². The Bertz CT molecular complexity index is 293. The molecule has 76 valence electrons. The normalized spacial score (nSPS) is 12.0. The van der Waals surface area contributed by atoms with Gasteiger partial charge in [-0.3, -0.25) is 0 Å². The molecule has 0 saturated heterocycles. The van der Waals surface area contributed by atoms with Crippen LogP contribution in [0.15, 0.2) is 11.4 Å². The molecular weight excluding hydrogens is 176 g/mol. The second kappa shape index (κ2) is 5.14. The maximum Gasteiger partial charge on any atom is 0.150 e. The van der Waals surface area contributed by atoms with Gasteiger partial charge >= 0.3 is 0 Å². The molecule has 4 heteroatoms. The summed E-state index contributed by atoms with van der Waals surface area (Å²) in [6, 6.07) is 4.07. The predicted molar refractivity (Wildman–Crippen MR) is 54.6 cm³/mol. The van der Waals surface area contributed by atoms with Crippen molar-refractivity contribution >= 4 is 0 Å². The van der Waals surface area contributed by atoms with E-state index in [-0.39, 0.29) is 23.5 Å². The van der Waals surface area contributed by atoms with Gasteiger partial charge in [-0.2, -0.15) is 10.5 Å². The zero-order valence-electron chi connectivity index (χ0n) is 9.07. The van der Waals surface area contributed by atoms with E-state index < -0.39 is 0 Å². The Balaban J connectivity index is 5.22. The maximum absolute atomic E-state index is 8.92. The van der Waals surface area contributed by atoms with Crippen molar-refractivity contribution in [3.63, 3.8) is 0 Å². The highest BCUT2D eigenvalue weighted by Gasteiger charge is 2.19. The second-order valence-corrected chi connectivity index (χ2v) is 3.58. The van der Waals surface area contributed by atoms with Crippen LogP contribution in [0.5, 0.6) is 0 Å². The topological polar surface area (TPSA) is 76.8 Å². The first-order valence-electron chi connectivity index (χ1n) is 4.54. The second-order valence-electron chi connectivity index (χ2n) is 3.58. The molecule has 0 spiro atoms. The summed E-state index contributed by atoms with van der Waals surface area (Å²) < 4.78 is 0. The molecule has 0 fully saturated rings. The lowest BCUT2D eigenvalue weighted by Crippen LogP contribution is -2.37. The van der Waals surface area contributed by atoms with Gasteiger partial charge in [0.1, 0.15) is 17.8 Å². The summed E-state index contributed by atoms with van der Waals surface area (Å²) in [6.45, 7) is 7.84. The number of nitrogens with zero attached hydrogens (tertiary/aromatic N) is 3. The number of nitriles is 2. The Morgan fingerprint density at radius 3 is 1.71 bits per heavy atom. The minimum absolute atomic E-state index is 0.0186. The van der Waals surface area contributed by atoms with Crippen molar-refractivity contribution in [2.75, 3.05) is 0 Å². The van der Waals surface area contributed by atoms with Gasteiger partial charge in [-0.05, 0) is 27.7 Å². The number of nitrogens with two attached hydrogens (primary N) is 1. The van der Waals surface area contributed by atoms with Gasteiger partial charge in [0.25, 0.3) is 0 Å². The van der Waals surface area contributed by atoms with E-state index in [0.717, 1.165) is 0 Å². The molecule has 0 rings (SSSR count). The molecule has 0 aliphatic carbocycles. The highest BCUT2D eigenvalue weighted by molar-refractivity contribution is 5.34. The van der Waals surface area contributed by atoms with Crippen LogP contribution in [0.4, 0.5) is 0 Å². The van der Waals surface area contributed by atoms with E-state index >= 15 is 0 Å². The summed E-state index contributed by atoms with van der Waals surface area (Å²) >= 11 is 0. The van der Waals surface area contributed by atoms with Crippen LogP contribution in [0.25, 0.3) is 0 Å². The van der Waals surface area contributed by atoms with Crippen LogP contribution >= 0.6 is 0 Å². The number of rotatable bonds is 3. The Kier molecular flexibility index (Phi) is 4.52. The van der Waals surface area contributed by atoms with Gasteiger partial charge in [0.15, 0.2) is 5.70 Å². The smallest absolute Gasteiger partial charge is 0.150 e. The Labute approximate surface area is 85.2 Å². The van der Waals surface area contributed by atoms with E-state index in [1.54, 1.807) is 6.07 Å². The van der Waals surface area contributed by atoms with Gasteiger partial charge < -0.3 is 10.6 Å². The molecule has 0 aliphatic heterocycles. The molecule has 0 amide bonds. The van der Waals surface area contributed by atoms with E-state index in [4.69, 9.17) is 16.3 Å². The standard InChI is InChI=1S/C10H16N4/c1-7(2)14(8(3)4)10(6-12)9(13)5-11/h7-8H,13H2,1-4H3/b10-9-. The molecule has 0 heterocycles. The molecule has 0 radical (unpaired) electrons. The average molecular weight is 192 g/mol. The lowest BCUT2D eigenvalue weighted by molar-refractivity contribution is 0.239. The number of hydrogen-bond donors (Lipinski definition) is 1. The molecule has 0 saturated carbocycles. The molecule has 4 nitrogen and oxygen atoms in total. The molecule has 0 aromatic rings. The largest absolute Gasteiger partial charge is 0.388 e. The Morgan fingerprint density at radius 1 is 1.07 bits per heavy atom. The molecule has 0 bridgehead atoms. The van der Waals surface area contributed by atoms with E-state index in [9.17, 15) is 0 Å². The highest BCUT2D eigenvalue weighted by atomic mass is 15.2. The highest BCUT2D eigenvalue weighted by Crippen LogP contribution is 2.14. The van der Waals surface area contributed by atoms with Gasteiger partial charge in [0.2, 0.25) is 0 Å². The third-order valence-corrected chi connectivity index (χ3v) is 1.85. The molecule has 0 atom stereocenters. The van der Waals surface area contributed by atoms with Crippen LogP contribution in [0.3, 0.4) is 0 Å². The lowest BCUT2D eigenvalue weighted by atomic mass is 10.2. The van der Waals surface area contributed by atoms with Gasteiger partial charge in [0.05, 0.1) is 0 Å². The zero-order valence-corrected chi connectivity index (χ0v) is 9.07. The molecule has 2 N–H and O–H groups in total. The fourth-order valence-electron chi connectivity index (χ4n) is 1.42. The van der Waals surface area contributed by atoms with E-state index in [0.29, 0.717) is 0 Å². The van der Waals surface area contributed by atoms with Crippen LogP contribution < -0.4 is 5.73 Å². The van der Waals surface area contributed by atoms with Crippen molar-refractivity contribution in [3.05, 3.63) is 11.4 Å². The molecule has 0 aromatic heterocycles. The fraction of sp³-hybridized carbons (Fsp3) is 0.600. The average Bonchev–Trinajstić information content (AvgIpc) is 2.11. The summed E-state index contributed by atoms with van der Waals surface area (Å²) in [6.07, 6.45) is 0. The number of allylic oxidation sites excluding steroid dienone is 2. The molecule has 0 aliphatic rings. The summed E-state index contributed by atoms with van der Waals surface area (Å²) in [4.78, 5) is 1.83. The monoisotopic (exact) mass is 192 g/mol. The fourth-order valence-corrected chi connectivity index (χ4v) is 1.42. The van der Waals surface area contributed by atoms with Crippen LogP contribution in [0, 0.1) is 22.7 Å². The predicted octanol–water partition coefficient (Wildman–Crippen LogP) is 1.32. The molecule has 0 unspecified atom stereocenters. The van der Waals surface area contributed by atoms with Crippen molar-refractivity contribution in [2.45, 2.75) is 39.8 Å². The van der Waals surface area contributed by atoms with Gasteiger partial charge in [-0.1, -0.05) is 0 Å². The van der Waals surface area contributed by atoms with Crippen molar-refractivity contribution in [1.82, 2.24) is 4.90 Å². The van der Waals surface area contributed by atoms with Gasteiger partial charge in [-0.25, -0.2) is 0 Å². The summed E-state index contributed by atoms with van der Waals surface area (Å²) in [7, 11) is 0. The van der Waals surface area contributed by atoms with Crippen molar-refractivity contribution in [1.29, 1.82) is 10.5 Å². The van der Waals surface area contributed by atoms with Gasteiger partial charge in [-0.15, -0.1) is 0 Å². The van der Waals surface area contributed by atoms with E-state index in [1.807, 2.05) is 38.7 Å². The van der Waals surface area contributed by atoms with Crippen molar-refractivity contribution in [3.8, 4) is 12.1 Å². The van der Waals surface area contributed by atoms with Crippen LogP contribution in [-0.2, 0) is 0 Å². The Morgan fingerprint density at radius 2 is 1.50 bits per heavy atom. The zero-order chi connectivity index (χ0) is 11.3. The third kappa shape index (κ3) is 2.67. The molecular formula is C10H16N4. The Hall–Kier alpha value is -1.68. The lowest BCUT2D eigenvalue weighted by Gasteiger charge is -2.31. The SMILES string of the molecule is CC(C)N(/C(C#N)=C(\N)C#N)C(C)C. The summed E-state index contributed by atoms with van der Waals surface area (Å²) in [5, 5.41) is 17.6. The number of hydrogen-bond acceptors (Lipinski definition) is 4. The quantitative estimate of drug-likeness (QED) is 0.684. The molecule has 14 heavy (non-hydrogen) atoms. The van der Waals surface area contributed by atoms with Crippen LogP contribution in [0.1, 0.15) is 27.7 Å². The van der Waals surface area contributed by atoms with E-state index in [2.05, 4.69) is 0 Å². The van der Waals surface area contributed by atoms with Crippen molar-refractivity contribution in [2.24, 2.45) is 5.73 Å². The minimum Gasteiger partial charge on any atom is -0.388 e. The van der Waals surface area contributed by atoms with Crippen LogP contribution in [-0.4, -0.2) is 17.0 Å². The minimum atomic E-state index is -0.0186. The third-order valence-electron chi connectivity index (χ3n) is 1.85. The maximum atomic E-state index is 8.92. The summed E-state index contributed by atoms with van der Waals surface area (Å²) in [5.41, 5.74) is 5.70. The van der Waals surface area contributed by atoms with Gasteiger partial charge in [0, 0.05) is 12.1 Å². The first kappa shape index (κ1) is 12.3. The summed E-state index contributed by atoms with van der Waals surface area (Å²) in [5.74, 6) is 0.